The van der Waals surface area contributed by atoms with E-state index in [0.717, 1.165) is 0 Å². The molecule has 0 aliphatic heterocycles. The Morgan fingerprint density at radius 3 is 1.46 bits per heavy atom. The number of hydrogen-bond donors (Lipinski definition) is 2. The Morgan fingerprint density at radius 1 is 0.708 bits per heavy atom. The lowest BCUT2D eigenvalue weighted by Gasteiger charge is -2.35. The summed E-state index contributed by atoms with van der Waals surface area (Å²) in [6.45, 7) is 0. The second kappa shape index (κ2) is 6.69. The predicted octanol–water partition coefficient (Wildman–Crippen LogP) is 3.79. The molecule has 3 aromatic rings. The van der Waals surface area contributed by atoms with E-state index in [1.807, 2.05) is 18.2 Å². The van der Waals surface area contributed by atoms with Crippen molar-refractivity contribution in [2.24, 2.45) is 0 Å². The van der Waals surface area contributed by atoms with Gasteiger partial charge in [0.25, 0.3) is 0 Å². The number of aliphatic hydroxyl groups is 1. The van der Waals surface area contributed by atoms with Crippen LogP contribution in [0.3, 0.4) is 0 Å². The molecule has 0 radical (unpaired) electrons. The number of carbonyl (C=O) groups is 1. The summed E-state index contributed by atoms with van der Waals surface area (Å²) in [7, 11) is 0. The molecule has 24 heavy (non-hydrogen) atoms. The normalized spacial score (nSPS) is 12.5. The van der Waals surface area contributed by atoms with E-state index < -0.39 is 17.5 Å². The number of rotatable bonds is 5. The van der Waals surface area contributed by atoms with Crippen molar-refractivity contribution in [3.63, 3.8) is 0 Å². The van der Waals surface area contributed by atoms with Gasteiger partial charge in [-0.15, -0.1) is 0 Å². The summed E-state index contributed by atoms with van der Waals surface area (Å²) in [5.74, 6) is -2.19. The maximum absolute atomic E-state index is 12.1. The summed E-state index contributed by atoms with van der Waals surface area (Å²) in [6, 6.07) is 26.7. The predicted molar refractivity (Wildman–Crippen MR) is 92.7 cm³/mol. The van der Waals surface area contributed by atoms with Gasteiger partial charge >= 0.3 is 5.97 Å². The summed E-state index contributed by atoms with van der Waals surface area (Å²) in [6.07, 6.45) is 0. The Hall–Kier alpha value is -2.91. The van der Waals surface area contributed by atoms with Crippen LogP contribution in [-0.4, -0.2) is 16.2 Å². The Labute approximate surface area is 140 Å². The van der Waals surface area contributed by atoms with E-state index in [0.29, 0.717) is 16.7 Å². The molecule has 0 unspecified atom stereocenters. The van der Waals surface area contributed by atoms with Crippen LogP contribution in [0.4, 0.5) is 0 Å². The fraction of sp³-hybridized carbons (Fsp3) is 0.0952. The molecular weight excluding hydrogens is 300 g/mol. The van der Waals surface area contributed by atoms with Gasteiger partial charge in [0, 0.05) is 0 Å². The third-order valence-corrected chi connectivity index (χ3v) is 4.23. The SMILES string of the molecule is O=C(O)[C@@H](c1ccccc1)C(O)(c1ccccc1)c1ccccc1. The third-order valence-electron chi connectivity index (χ3n) is 4.23. The smallest absolute Gasteiger partial charge is 0.314 e. The average Bonchev–Trinajstić information content (AvgIpc) is 2.64. The summed E-state index contributed by atoms with van der Waals surface area (Å²) < 4.78 is 0. The van der Waals surface area contributed by atoms with Crippen molar-refractivity contribution in [3.05, 3.63) is 108 Å². The molecule has 0 spiro atoms. The molecule has 0 aromatic heterocycles. The monoisotopic (exact) mass is 318 g/mol. The fourth-order valence-corrected chi connectivity index (χ4v) is 3.09. The zero-order valence-corrected chi connectivity index (χ0v) is 13.0. The molecule has 2 N–H and O–H groups in total. The summed E-state index contributed by atoms with van der Waals surface area (Å²) in [4.78, 5) is 12.1. The van der Waals surface area contributed by atoms with Gasteiger partial charge in [0.15, 0.2) is 0 Å². The fourth-order valence-electron chi connectivity index (χ4n) is 3.09. The molecule has 0 aliphatic carbocycles. The third kappa shape index (κ3) is 2.82. The minimum absolute atomic E-state index is 0.549. The van der Waals surface area contributed by atoms with Crippen LogP contribution in [0.5, 0.6) is 0 Å². The van der Waals surface area contributed by atoms with Crippen molar-refractivity contribution in [1.29, 1.82) is 0 Å². The van der Waals surface area contributed by atoms with Crippen molar-refractivity contribution in [2.45, 2.75) is 11.5 Å². The summed E-state index contributed by atoms with van der Waals surface area (Å²) in [5.41, 5.74) is -0.0180. The van der Waals surface area contributed by atoms with E-state index in [1.165, 1.54) is 0 Å². The van der Waals surface area contributed by atoms with Crippen LogP contribution in [0.2, 0.25) is 0 Å². The van der Waals surface area contributed by atoms with E-state index >= 15 is 0 Å². The lowest BCUT2D eigenvalue weighted by Crippen LogP contribution is -2.39. The Bertz CT molecular complexity index is 759. The Balaban J connectivity index is 2.26. The topological polar surface area (TPSA) is 57.5 Å². The molecule has 0 saturated heterocycles. The number of carboxylic acids is 1. The number of benzene rings is 3. The van der Waals surface area contributed by atoms with Crippen LogP contribution in [-0.2, 0) is 10.4 Å². The highest BCUT2D eigenvalue weighted by atomic mass is 16.4. The lowest BCUT2D eigenvalue weighted by atomic mass is 9.73. The molecule has 0 aliphatic rings. The maximum atomic E-state index is 12.1. The number of aliphatic carboxylic acids is 1. The van der Waals surface area contributed by atoms with Crippen molar-refractivity contribution in [2.75, 3.05) is 0 Å². The molecule has 3 rings (SSSR count). The van der Waals surface area contributed by atoms with Crippen LogP contribution in [0.25, 0.3) is 0 Å². The molecule has 0 fully saturated rings. The minimum atomic E-state index is -1.67. The Morgan fingerprint density at radius 2 is 1.08 bits per heavy atom. The number of hydrogen-bond acceptors (Lipinski definition) is 2. The second-order valence-electron chi connectivity index (χ2n) is 5.68. The molecule has 3 nitrogen and oxygen atoms in total. The molecule has 120 valence electrons. The molecule has 3 aromatic carbocycles. The van der Waals surface area contributed by atoms with E-state index in [9.17, 15) is 15.0 Å². The van der Waals surface area contributed by atoms with Gasteiger partial charge in [-0.05, 0) is 16.7 Å². The lowest BCUT2D eigenvalue weighted by molar-refractivity contribution is -0.144. The second-order valence-corrected chi connectivity index (χ2v) is 5.68. The van der Waals surface area contributed by atoms with E-state index in [2.05, 4.69) is 0 Å². The summed E-state index contributed by atoms with van der Waals surface area (Å²) in [5, 5.41) is 21.6. The van der Waals surface area contributed by atoms with Gasteiger partial charge in [0.05, 0.1) is 0 Å². The molecule has 0 bridgehead atoms. The van der Waals surface area contributed by atoms with Crippen LogP contribution in [0.1, 0.15) is 22.6 Å². The van der Waals surface area contributed by atoms with Crippen LogP contribution in [0.15, 0.2) is 91.0 Å². The quantitative estimate of drug-likeness (QED) is 0.752. The molecule has 0 heterocycles. The maximum Gasteiger partial charge on any atom is 0.314 e. The highest BCUT2D eigenvalue weighted by Crippen LogP contribution is 2.42. The molecule has 3 heteroatoms. The number of carboxylic acid groups (broad SMARTS) is 1. The molecule has 0 amide bonds. The van der Waals surface area contributed by atoms with Crippen LogP contribution >= 0.6 is 0 Å². The Kier molecular flexibility index (Phi) is 4.45. The first-order chi connectivity index (χ1) is 11.6. The zero-order chi connectivity index (χ0) is 17.0. The first-order valence-electron chi connectivity index (χ1n) is 7.75. The van der Waals surface area contributed by atoms with Gasteiger partial charge < -0.3 is 10.2 Å². The molecule has 0 saturated carbocycles. The van der Waals surface area contributed by atoms with Crippen molar-refractivity contribution < 1.29 is 15.0 Å². The van der Waals surface area contributed by atoms with E-state index in [1.54, 1.807) is 72.8 Å². The van der Waals surface area contributed by atoms with E-state index in [-0.39, 0.29) is 0 Å². The van der Waals surface area contributed by atoms with Crippen molar-refractivity contribution in [3.8, 4) is 0 Å². The van der Waals surface area contributed by atoms with Crippen LogP contribution in [0, 0.1) is 0 Å². The molecule has 1 atom stereocenters. The highest BCUT2D eigenvalue weighted by Gasteiger charge is 2.45. The first-order valence-corrected chi connectivity index (χ1v) is 7.75. The van der Waals surface area contributed by atoms with Crippen molar-refractivity contribution >= 4 is 5.97 Å². The minimum Gasteiger partial charge on any atom is -0.481 e. The standard InChI is InChI=1S/C21H18O3/c22-20(23)19(16-10-4-1-5-11-16)21(24,17-12-6-2-7-13-17)18-14-8-3-9-15-18/h1-15,19,24H,(H,22,23)/t19-/m1/s1. The molecular formula is C21H18O3. The van der Waals surface area contributed by atoms with Gasteiger partial charge in [-0.3, -0.25) is 4.79 Å². The van der Waals surface area contributed by atoms with Gasteiger partial charge in [-0.25, -0.2) is 0 Å². The van der Waals surface area contributed by atoms with Crippen LogP contribution < -0.4 is 0 Å². The first kappa shape index (κ1) is 16.0. The van der Waals surface area contributed by atoms with E-state index in [4.69, 9.17) is 0 Å². The highest BCUT2D eigenvalue weighted by molar-refractivity contribution is 5.79. The van der Waals surface area contributed by atoms with Gasteiger partial charge in [0.1, 0.15) is 11.5 Å². The van der Waals surface area contributed by atoms with Crippen molar-refractivity contribution in [1.82, 2.24) is 0 Å². The van der Waals surface area contributed by atoms with Gasteiger partial charge in [-0.2, -0.15) is 0 Å². The average molecular weight is 318 g/mol. The largest absolute Gasteiger partial charge is 0.481 e. The summed E-state index contributed by atoms with van der Waals surface area (Å²) >= 11 is 0. The van der Waals surface area contributed by atoms with Gasteiger partial charge in [-0.1, -0.05) is 91.0 Å². The zero-order valence-electron chi connectivity index (χ0n) is 13.0. The van der Waals surface area contributed by atoms with Gasteiger partial charge in [0.2, 0.25) is 0 Å².